The maximum atomic E-state index is 14.1. The van der Waals surface area contributed by atoms with Crippen LogP contribution in [0.15, 0.2) is 51.9 Å². The fraction of sp³-hybridized carbons (Fsp3) is 0.367. The minimum atomic E-state index is -4.64. The molecule has 6 rings (SSSR count). The Balaban J connectivity index is 1.39. The molecule has 230 valence electrons. The van der Waals surface area contributed by atoms with Gasteiger partial charge in [0, 0.05) is 33.4 Å². The number of aliphatic hydroxyl groups is 1. The highest BCUT2D eigenvalue weighted by atomic mass is 79.9. The van der Waals surface area contributed by atoms with Crippen LogP contribution in [0.3, 0.4) is 0 Å². The number of carbonyl (C=O) groups is 1. The Hall–Kier alpha value is -4.04. The third-order valence-corrected chi connectivity index (χ3v) is 8.74. The van der Waals surface area contributed by atoms with Gasteiger partial charge in [0.05, 0.1) is 41.5 Å². The first kappa shape index (κ1) is 30.0. The van der Waals surface area contributed by atoms with Gasteiger partial charge in [-0.1, -0.05) is 15.9 Å². The Morgan fingerprint density at radius 1 is 1.14 bits per heavy atom. The standard InChI is InChI=1S/C30H29BrF3N7O3/c1-15-8-17(3)41(38-15)29-37-25-14-39(27(43)18-4-6-24(31)23(10-18)30(32,33)34)16(2)9-22(25)28(44)40(29)20-5-7-26(35-13-20)36-19-11-21(42)12-19/h4-8,10,13,16,19,21,42H,9,11-12,14H2,1-3H3,(H,35,36). The fourth-order valence-electron chi connectivity index (χ4n) is 5.68. The average Bonchev–Trinajstić information content (AvgIpc) is 3.29. The predicted octanol–water partition coefficient (Wildman–Crippen LogP) is 4.73. The summed E-state index contributed by atoms with van der Waals surface area (Å²) >= 11 is 2.92. The summed E-state index contributed by atoms with van der Waals surface area (Å²) in [5.41, 5.74) is 1.26. The molecule has 0 bridgehead atoms. The molecule has 1 atom stereocenters. The summed E-state index contributed by atoms with van der Waals surface area (Å²) < 4.78 is 43.5. The number of halogens is 4. The smallest absolute Gasteiger partial charge is 0.393 e. The van der Waals surface area contributed by atoms with E-state index in [0.29, 0.717) is 41.3 Å². The number of aliphatic hydroxyl groups excluding tert-OH is 1. The highest BCUT2D eigenvalue weighted by molar-refractivity contribution is 9.10. The molecule has 0 saturated heterocycles. The first-order chi connectivity index (χ1) is 20.8. The Labute approximate surface area is 258 Å². The molecule has 0 radical (unpaired) electrons. The number of benzene rings is 1. The van der Waals surface area contributed by atoms with E-state index in [0.717, 1.165) is 11.8 Å². The van der Waals surface area contributed by atoms with Crippen molar-refractivity contribution in [2.75, 3.05) is 5.32 Å². The molecule has 10 nitrogen and oxygen atoms in total. The second-order valence-corrected chi connectivity index (χ2v) is 12.2. The van der Waals surface area contributed by atoms with Crippen molar-refractivity contribution < 1.29 is 23.1 Å². The van der Waals surface area contributed by atoms with Crippen LogP contribution in [0.2, 0.25) is 0 Å². The van der Waals surface area contributed by atoms with E-state index in [4.69, 9.17) is 4.98 Å². The molecule has 1 aromatic carbocycles. The van der Waals surface area contributed by atoms with Gasteiger partial charge in [-0.2, -0.15) is 18.3 Å². The molecular formula is C30H29BrF3N7O3. The van der Waals surface area contributed by atoms with Crippen LogP contribution in [0.25, 0.3) is 11.6 Å². The van der Waals surface area contributed by atoms with E-state index in [-0.39, 0.29) is 46.7 Å². The summed E-state index contributed by atoms with van der Waals surface area (Å²) in [6.45, 7) is 5.34. The Morgan fingerprint density at radius 2 is 1.89 bits per heavy atom. The van der Waals surface area contributed by atoms with Crippen LogP contribution in [-0.2, 0) is 19.1 Å². The van der Waals surface area contributed by atoms with Gasteiger partial charge < -0.3 is 15.3 Å². The predicted molar refractivity (Wildman–Crippen MR) is 159 cm³/mol. The second kappa shape index (κ2) is 11.1. The van der Waals surface area contributed by atoms with Crippen molar-refractivity contribution in [2.45, 2.75) is 70.9 Å². The summed E-state index contributed by atoms with van der Waals surface area (Å²) in [6.07, 6.45) is -1.94. The number of hydrogen-bond donors (Lipinski definition) is 2. The lowest BCUT2D eigenvalue weighted by Gasteiger charge is -2.34. The van der Waals surface area contributed by atoms with Gasteiger partial charge in [-0.3, -0.25) is 9.59 Å². The third-order valence-electron chi connectivity index (χ3n) is 8.05. The maximum absolute atomic E-state index is 14.1. The fourth-order valence-corrected chi connectivity index (χ4v) is 6.16. The average molecular weight is 673 g/mol. The molecule has 1 saturated carbocycles. The highest BCUT2D eigenvalue weighted by Gasteiger charge is 2.36. The zero-order chi connectivity index (χ0) is 31.5. The minimum Gasteiger partial charge on any atom is -0.393 e. The van der Waals surface area contributed by atoms with E-state index in [9.17, 15) is 27.9 Å². The number of carbonyl (C=O) groups excluding carboxylic acids is 1. The molecular weight excluding hydrogens is 643 g/mol. The summed E-state index contributed by atoms with van der Waals surface area (Å²) in [4.78, 5) is 38.4. The Kier molecular flexibility index (Phi) is 7.60. The van der Waals surface area contributed by atoms with Crippen LogP contribution >= 0.6 is 15.9 Å². The third kappa shape index (κ3) is 5.52. The molecule has 1 aliphatic heterocycles. The lowest BCUT2D eigenvalue weighted by Crippen LogP contribution is -2.46. The van der Waals surface area contributed by atoms with E-state index in [1.54, 1.807) is 29.9 Å². The van der Waals surface area contributed by atoms with Gasteiger partial charge in [-0.15, -0.1) is 0 Å². The summed E-state index contributed by atoms with van der Waals surface area (Å²) in [5.74, 6) is 0.224. The monoisotopic (exact) mass is 671 g/mol. The number of hydrogen-bond acceptors (Lipinski definition) is 7. The number of aryl methyl sites for hydroxylation is 2. The van der Waals surface area contributed by atoms with E-state index >= 15 is 0 Å². The number of anilines is 1. The normalized spacial score (nSPS) is 19.8. The molecule has 1 aliphatic carbocycles. The Morgan fingerprint density at radius 3 is 2.50 bits per heavy atom. The summed E-state index contributed by atoms with van der Waals surface area (Å²) in [6, 6.07) is 8.38. The number of pyridine rings is 1. The van der Waals surface area contributed by atoms with Crippen LogP contribution in [0.5, 0.6) is 0 Å². The van der Waals surface area contributed by atoms with Gasteiger partial charge in [-0.25, -0.2) is 19.2 Å². The number of aromatic nitrogens is 5. The van der Waals surface area contributed by atoms with Crippen LogP contribution < -0.4 is 10.9 Å². The van der Waals surface area contributed by atoms with Crippen molar-refractivity contribution in [3.63, 3.8) is 0 Å². The molecule has 4 heterocycles. The minimum absolute atomic E-state index is 0.0660. The van der Waals surface area contributed by atoms with E-state index in [1.165, 1.54) is 21.6 Å². The molecule has 1 unspecified atom stereocenters. The SMILES string of the molecule is Cc1cc(C)n(-c2nc3c(c(=O)n2-c2ccc(NC4CC(O)C4)nc2)CC(C)N(C(=O)c2ccc(Br)c(C(F)(F)F)c2)C3)n1. The van der Waals surface area contributed by atoms with Crippen molar-refractivity contribution in [3.05, 3.63) is 91.2 Å². The van der Waals surface area contributed by atoms with Crippen LogP contribution in [0.1, 0.15) is 58.3 Å². The van der Waals surface area contributed by atoms with Gasteiger partial charge in [-0.05, 0) is 76.4 Å². The number of nitrogens with one attached hydrogen (secondary N) is 1. The van der Waals surface area contributed by atoms with E-state index < -0.39 is 23.7 Å². The number of nitrogens with zero attached hydrogens (tertiary/aromatic N) is 6. The lowest BCUT2D eigenvalue weighted by atomic mass is 9.89. The largest absolute Gasteiger partial charge is 0.417 e. The van der Waals surface area contributed by atoms with Gasteiger partial charge in [0.2, 0.25) is 5.95 Å². The van der Waals surface area contributed by atoms with Gasteiger partial charge in [0.1, 0.15) is 5.82 Å². The molecule has 2 N–H and O–H groups in total. The highest BCUT2D eigenvalue weighted by Crippen LogP contribution is 2.36. The van der Waals surface area contributed by atoms with Crippen molar-refractivity contribution in [1.82, 2.24) is 29.2 Å². The topological polar surface area (TPSA) is 118 Å². The molecule has 1 amide bonds. The molecule has 2 aliphatic rings. The zero-order valence-electron chi connectivity index (χ0n) is 24.1. The number of amides is 1. The van der Waals surface area contributed by atoms with Gasteiger partial charge in [0.25, 0.3) is 11.5 Å². The van der Waals surface area contributed by atoms with Crippen molar-refractivity contribution in [2.24, 2.45) is 0 Å². The summed E-state index contributed by atoms with van der Waals surface area (Å²) in [7, 11) is 0. The molecule has 44 heavy (non-hydrogen) atoms. The maximum Gasteiger partial charge on any atom is 0.417 e. The second-order valence-electron chi connectivity index (χ2n) is 11.4. The molecule has 14 heteroatoms. The van der Waals surface area contributed by atoms with Crippen LogP contribution in [0, 0.1) is 13.8 Å². The number of rotatable bonds is 5. The van der Waals surface area contributed by atoms with E-state index in [2.05, 4.69) is 31.3 Å². The van der Waals surface area contributed by atoms with Crippen LogP contribution in [0.4, 0.5) is 19.0 Å². The summed E-state index contributed by atoms with van der Waals surface area (Å²) in [5, 5.41) is 17.4. The molecule has 3 aromatic heterocycles. The number of alkyl halides is 3. The van der Waals surface area contributed by atoms with Gasteiger partial charge >= 0.3 is 6.18 Å². The van der Waals surface area contributed by atoms with E-state index in [1.807, 2.05) is 19.9 Å². The Bertz CT molecular complexity index is 1810. The quantitative estimate of drug-likeness (QED) is 0.315. The molecule has 0 spiro atoms. The first-order valence-electron chi connectivity index (χ1n) is 14.1. The molecule has 4 aromatic rings. The first-order valence-corrected chi connectivity index (χ1v) is 14.9. The zero-order valence-corrected chi connectivity index (χ0v) is 25.6. The van der Waals surface area contributed by atoms with Crippen molar-refractivity contribution in [1.29, 1.82) is 0 Å². The lowest BCUT2D eigenvalue weighted by molar-refractivity contribution is -0.138. The van der Waals surface area contributed by atoms with Crippen molar-refractivity contribution in [3.8, 4) is 11.6 Å². The van der Waals surface area contributed by atoms with Gasteiger partial charge in [0.15, 0.2) is 0 Å². The number of fused-ring (bicyclic) bond motifs is 1. The van der Waals surface area contributed by atoms with Crippen molar-refractivity contribution >= 4 is 27.7 Å². The van der Waals surface area contributed by atoms with Crippen LogP contribution in [-0.4, -0.2) is 58.4 Å². The molecule has 1 fully saturated rings.